The van der Waals surface area contributed by atoms with Crippen LogP contribution in [0, 0.1) is 0 Å². The molecule has 6 heteroatoms. The maximum absolute atomic E-state index is 11.6. The molecule has 0 heterocycles. The zero-order valence-electron chi connectivity index (χ0n) is 11.1. The topological polar surface area (TPSA) is 69.7 Å². The van der Waals surface area contributed by atoms with Crippen molar-refractivity contribution in [1.29, 1.82) is 0 Å². The van der Waals surface area contributed by atoms with Gasteiger partial charge in [-0.15, -0.1) is 0 Å². The molecular formula is C11H21N3O3. The van der Waals surface area contributed by atoms with Crippen LogP contribution in [0.25, 0.3) is 0 Å². The standard InChI is InChI=1S/C11H21N3O3/c1-8(2)12-10(16)6-14(5)11(17)7-13(4)9(3)15/h8H,6-7H2,1-5H3,(H,12,16). The molecule has 0 atom stereocenters. The van der Waals surface area contributed by atoms with Crippen LogP contribution in [0.1, 0.15) is 20.8 Å². The Morgan fingerprint density at radius 3 is 2.00 bits per heavy atom. The van der Waals surface area contributed by atoms with Crippen LogP contribution in [0.5, 0.6) is 0 Å². The molecule has 0 aliphatic heterocycles. The van der Waals surface area contributed by atoms with Crippen LogP contribution < -0.4 is 5.32 Å². The summed E-state index contributed by atoms with van der Waals surface area (Å²) >= 11 is 0. The van der Waals surface area contributed by atoms with E-state index in [2.05, 4.69) is 5.32 Å². The molecule has 0 saturated carbocycles. The van der Waals surface area contributed by atoms with Crippen molar-refractivity contribution < 1.29 is 14.4 Å². The van der Waals surface area contributed by atoms with Gasteiger partial charge in [-0.2, -0.15) is 0 Å². The van der Waals surface area contributed by atoms with Crippen molar-refractivity contribution in [3.8, 4) is 0 Å². The van der Waals surface area contributed by atoms with Crippen molar-refractivity contribution in [3.05, 3.63) is 0 Å². The summed E-state index contributed by atoms with van der Waals surface area (Å²) in [5, 5.41) is 2.69. The van der Waals surface area contributed by atoms with E-state index in [1.54, 1.807) is 7.05 Å². The first-order chi connectivity index (χ1) is 7.73. The Labute approximate surface area is 102 Å². The van der Waals surface area contributed by atoms with Crippen LogP contribution >= 0.6 is 0 Å². The lowest BCUT2D eigenvalue weighted by Gasteiger charge is -2.21. The highest BCUT2D eigenvalue weighted by Crippen LogP contribution is 1.91. The van der Waals surface area contributed by atoms with Crippen LogP contribution in [0.4, 0.5) is 0 Å². The number of hydrogen-bond acceptors (Lipinski definition) is 3. The molecule has 0 rings (SSSR count). The summed E-state index contributed by atoms with van der Waals surface area (Å²) in [5.41, 5.74) is 0. The van der Waals surface area contributed by atoms with E-state index in [-0.39, 0.29) is 36.9 Å². The van der Waals surface area contributed by atoms with Crippen LogP contribution in [-0.4, -0.2) is 60.7 Å². The van der Waals surface area contributed by atoms with E-state index >= 15 is 0 Å². The lowest BCUT2D eigenvalue weighted by molar-refractivity contribution is -0.139. The third kappa shape index (κ3) is 6.55. The van der Waals surface area contributed by atoms with Crippen LogP contribution in [0.3, 0.4) is 0 Å². The third-order valence-electron chi connectivity index (χ3n) is 2.17. The normalized spacial score (nSPS) is 10.0. The van der Waals surface area contributed by atoms with Gasteiger partial charge >= 0.3 is 0 Å². The first-order valence-corrected chi connectivity index (χ1v) is 5.49. The van der Waals surface area contributed by atoms with E-state index < -0.39 is 0 Å². The fourth-order valence-corrected chi connectivity index (χ4v) is 1.11. The molecular weight excluding hydrogens is 222 g/mol. The van der Waals surface area contributed by atoms with Gasteiger partial charge in [0.1, 0.15) is 0 Å². The number of nitrogens with one attached hydrogen (secondary N) is 1. The quantitative estimate of drug-likeness (QED) is 0.704. The Morgan fingerprint density at radius 2 is 1.59 bits per heavy atom. The van der Waals surface area contributed by atoms with Gasteiger partial charge in [-0.05, 0) is 13.8 Å². The molecule has 0 unspecified atom stereocenters. The lowest BCUT2D eigenvalue weighted by Crippen LogP contribution is -2.44. The Balaban J connectivity index is 4.14. The fraction of sp³-hybridized carbons (Fsp3) is 0.727. The molecule has 0 aromatic heterocycles. The van der Waals surface area contributed by atoms with Crippen molar-refractivity contribution in [2.45, 2.75) is 26.8 Å². The highest BCUT2D eigenvalue weighted by atomic mass is 16.2. The van der Waals surface area contributed by atoms with Crippen LogP contribution in [0.2, 0.25) is 0 Å². The molecule has 0 bridgehead atoms. The minimum Gasteiger partial charge on any atom is -0.352 e. The lowest BCUT2D eigenvalue weighted by atomic mass is 10.3. The van der Waals surface area contributed by atoms with E-state index in [1.165, 1.54) is 23.8 Å². The van der Waals surface area contributed by atoms with E-state index in [0.29, 0.717) is 0 Å². The summed E-state index contributed by atoms with van der Waals surface area (Å²) in [6.07, 6.45) is 0. The second-order valence-electron chi connectivity index (χ2n) is 4.35. The van der Waals surface area contributed by atoms with Crippen molar-refractivity contribution >= 4 is 17.7 Å². The van der Waals surface area contributed by atoms with Gasteiger partial charge in [-0.3, -0.25) is 14.4 Å². The van der Waals surface area contributed by atoms with E-state index in [1.807, 2.05) is 13.8 Å². The smallest absolute Gasteiger partial charge is 0.242 e. The van der Waals surface area contributed by atoms with Gasteiger partial charge in [-0.25, -0.2) is 0 Å². The Bertz CT molecular complexity index is 302. The molecule has 0 saturated heterocycles. The summed E-state index contributed by atoms with van der Waals surface area (Å²) in [6.45, 7) is 5.08. The number of carbonyl (C=O) groups is 3. The van der Waals surface area contributed by atoms with Gasteiger partial charge in [0.25, 0.3) is 0 Å². The van der Waals surface area contributed by atoms with E-state index in [9.17, 15) is 14.4 Å². The largest absolute Gasteiger partial charge is 0.352 e. The molecule has 0 spiro atoms. The number of likely N-dealkylation sites (N-methyl/N-ethyl adjacent to an activating group) is 2. The highest BCUT2D eigenvalue weighted by molar-refractivity contribution is 5.87. The fourth-order valence-electron chi connectivity index (χ4n) is 1.11. The zero-order valence-corrected chi connectivity index (χ0v) is 11.1. The predicted octanol–water partition coefficient (Wildman–Crippen LogP) is -0.552. The molecule has 0 fully saturated rings. The summed E-state index contributed by atoms with van der Waals surface area (Å²) in [5.74, 6) is -0.652. The van der Waals surface area contributed by atoms with Crippen molar-refractivity contribution in [2.75, 3.05) is 27.2 Å². The minimum atomic E-state index is -0.262. The molecule has 0 radical (unpaired) electrons. The molecule has 0 aliphatic rings. The molecule has 98 valence electrons. The number of carbonyl (C=O) groups excluding carboxylic acids is 3. The summed E-state index contributed by atoms with van der Waals surface area (Å²) in [4.78, 5) is 36.6. The van der Waals surface area contributed by atoms with Gasteiger partial charge in [0, 0.05) is 27.1 Å². The minimum absolute atomic E-state index is 0.00274. The summed E-state index contributed by atoms with van der Waals surface area (Å²) in [6, 6.07) is 0.0471. The van der Waals surface area contributed by atoms with Gasteiger partial charge < -0.3 is 15.1 Å². The highest BCUT2D eigenvalue weighted by Gasteiger charge is 2.16. The van der Waals surface area contributed by atoms with E-state index in [4.69, 9.17) is 0 Å². The first kappa shape index (κ1) is 15.4. The molecule has 1 N–H and O–H groups in total. The average Bonchev–Trinajstić information content (AvgIpc) is 2.15. The Hall–Kier alpha value is -1.59. The number of nitrogens with zero attached hydrogens (tertiary/aromatic N) is 2. The maximum Gasteiger partial charge on any atom is 0.242 e. The Kier molecular flexibility index (Phi) is 6.23. The van der Waals surface area contributed by atoms with Crippen molar-refractivity contribution in [1.82, 2.24) is 15.1 Å². The summed E-state index contributed by atoms with van der Waals surface area (Å²) in [7, 11) is 3.08. The molecule has 0 aliphatic carbocycles. The molecule has 0 aromatic rings. The average molecular weight is 243 g/mol. The number of amides is 3. The Morgan fingerprint density at radius 1 is 1.06 bits per heavy atom. The van der Waals surface area contributed by atoms with Gasteiger partial charge in [0.15, 0.2) is 0 Å². The predicted molar refractivity (Wildman–Crippen MR) is 64.2 cm³/mol. The third-order valence-corrected chi connectivity index (χ3v) is 2.17. The van der Waals surface area contributed by atoms with Gasteiger partial charge in [-0.1, -0.05) is 0 Å². The first-order valence-electron chi connectivity index (χ1n) is 5.49. The van der Waals surface area contributed by atoms with Gasteiger partial charge in [0.05, 0.1) is 13.1 Å². The maximum atomic E-state index is 11.6. The zero-order chi connectivity index (χ0) is 13.6. The second-order valence-corrected chi connectivity index (χ2v) is 4.35. The SMILES string of the molecule is CC(=O)N(C)CC(=O)N(C)CC(=O)NC(C)C. The van der Waals surface area contributed by atoms with Crippen LogP contribution in [-0.2, 0) is 14.4 Å². The monoisotopic (exact) mass is 243 g/mol. The molecule has 0 aromatic carbocycles. The van der Waals surface area contributed by atoms with Crippen molar-refractivity contribution in [3.63, 3.8) is 0 Å². The van der Waals surface area contributed by atoms with Gasteiger partial charge in [0.2, 0.25) is 17.7 Å². The van der Waals surface area contributed by atoms with Crippen molar-refractivity contribution in [2.24, 2.45) is 0 Å². The molecule has 17 heavy (non-hydrogen) atoms. The second kappa shape index (κ2) is 6.88. The summed E-state index contributed by atoms with van der Waals surface area (Å²) < 4.78 is 0. The number of rotatable bonds is 5. The van der Waals surface area contributed by atoms with E-state index in [0.717, 1.165) is 0 Å². The number of hydrogen-bond donors (Lipinski definition) is 1. The molecule has 6 nitrogen and oxygen atoms in total. The molecule has 3 amide bonds. The van der Waals surface area contributed by atoms with Crippen LogP contribution in [0.15, 0.2) is 0 Å².